The summed E-state index contributed by atoms with van der Waals surface area (Å²) in [5, 5.41) is 10.4. The zero-order valence-corrected chi connectivity index (χ0v) is 33.7. The van der Waals surface area contributed by atoms with Gasteiger partial charge in [-0.1, -0.05) is 12.8 Å². The van der Waals surface area contributed by atoms with Crippen LogP contribution < -0.4 is 20.9 Å². The van der Waals surface area contributed by atoms with Crippen LogP contribution >= 0.6 is 0 Å². The number of carbonyl (C=O) groups excluding carboxylic acids is 2. The van der Waals surface area contributed by atoms with Crippen LogP contribution in [0.2, 0.25) is 0 Å². The molecule has 3 rings (SSSR count). The lowest BCUT2D eigenvalue weighted by molar-refractivity contribution is -0.144. The monoisotopic (exact) mass is 687 g/mol. The third-order valence-corrected chi connectivity index (χ3v) is 9.51. The summed E-state index contributed by atoms with van der Waals surface area (Å²) in [4.78, 5) is 49.5. The summed E-state index contributed by atoms with van der Waals surface area (Å²) in [6.07, 6.45) is 4.26. The molecule has 0 saturated carbocycles. The van der Waals surface area contributed by atoms with Gasteiger partial charge < -0.3 is 24.9 Å². The summed E-state index contributed by atoms with van der Waals surface area (Å²) >= 11 is 0. The Hall–Kier alpha value is -2.57. The van der Waals surface area contributed by atoms with Crippen LogP contribution in [0.25, 0.3) is 0 Å². The van der Waals surface area contributed by atoms with Crippen LogP contribution in [0.5, 0.6) is 0 Å². The van der Waals surface area contributed by atoms with E-state index in [0.29, 0.717) is 30.8 Å². The van der Waals surface area contributed by atoms with Gasteiger partial charge in [-0.15, -0.1) is 0 Å². The van der Waals surface area contributed by atoms with Gasteiger partial charge >= 0.3 is 0 Å². The first-order valence-corrected chi connectivity index (χ1v) is 18.5. The summed E-state index contributed by atoms with van der Waals surface area (Å²) in [6.45, 7) is 33.6. The van der Waals surface area contributed by atoms with Gasteiger partial charge in [-0.05, 0) is 123 Å². The predicted molar refractivity (Wildman–Crippen MR) is 201 cm³/mol. The topological polar surface area (TPSA) is 122 Å². The minimum atomic E-state index is -0.627. The second-order valence-corrected chi connectivity index (χ2v) is 18.3. The Labute approximate surface area is 297 Å². The Bertz CT molecular complexity index is 1290. The Morgan fingerprint density at radius 3 is 1.71 bits per heavy atom. The van der Waals surface area contributed by atoms with Crippen molar-refractivity contribution in [3.63, 3.8) is 0 Å². The highest BCUT2D eigenvalue weighted by Gasteiger charge is 2.45. The maximum Gasteiger partial charge on any atom is 0.242 e. The van der Waals surface area contributed by atoms with E-state index in [4.69, 9.17) is 9.97 Å². The molecule has 1 aromatic rings. The first-order chi connectivity index (χ1) is 22.3. The number of aromatic nitrogens is 3. The molecule has 2 atom stereocenters. The second-order valence-electron chi connectivity index (χ2n) is 18.3. The van der Waals surface area contributed by atoms with Crippen LogP contribution in [-0.4, -0.2) is 128 Å². The summed E-state index contributed by atoms with van der Waals surface area (Å²) in [6, 6.07) is 0.281. The minimum Gasteiger partial charge on any atom is -0.349 e. The molecule has 12 heteroatoms. The van der Waals surface area contributed by atoms with Crippen LogP contribution in [0.3, 0.4) is 0 Å². The number of likely N-dealkylation sites (N-methyl/N-ethyl adjacent to an activating group) is 1. The maximum atomic E-state index is 13.5. The van der Waals surface area contributed by atoms with Crippen LogP contribution in [0.1, 0.15) is 122 Å². The van der Waals surface area contributed by atoms with Crippen molar-refractivity contribution in [2.24, 2.45) is 0 Å². The van der Waals surface area contributed by atoms with Crippen LogP contribution in [0, 0.1) is 6.92 Å². The number of nitrogens with zero attached hydrogens (tertiary/aromatic N) is 7. The summed E-state index contributed by atoms with van der Waals surface area (Å²) in [5.74, 6) is 2.18. The number of unbranched alkanes of at least 4 members (excludes halogenated alkanes) is 3. The van der Waals surface area contributed by atoms with E-state index in [0.717, 1.165) is 51.9 Å². The van der Waals surface area contributed by atoms with Crippen molar-refractivity contribution in [1.29, 1.82) is 0 Å². The van der Waals surface area contributed by atoms with E-state index in [1.165, 1.54) is 0 Å². The molecule has 2 saturated heterocycles. The molecule has 0 spiro atoms. The Morgan fingerprint density at radius 1 is 0.755 bits per heavy atom. The Kier molecular flexibility index (Phi) is 12.8. The number of anilines is 2. The van der Waals surface area contributed by atoms with Gasteiger partial charge in [-0.25, -0.2) is 0 Å². The van der Waals surface area contributed by atoms with Gasteiger partial charge in [0.05, 0.1) is 11.1 Å². The number of nitrogens with one attached hydrogen (secondary N) is 3. The molecule has 2 unspecified atom stereocenters. The molecular weight excluding hydrogens is 616 g/mol. The fraction of sp³-hybridized carbons (Fsp3) is 0.865. The Balaban J connectivity index is 1.62. The third kappa shape index (κ3) is 11.7. The first-order valence-electron chi connectivity index (χ1n) is 18.5. The van der Waals surface area contributed by atoms with Gasteiger partial charge in [0.15, 0.2) is 0 Å². The number of hydrogen-bond acceptors (Lipinski definition) is 10. The molecular formula is C37H70N10O2. The van der Waals surface area contributed by atoms with Gasteiger partial charge in [0.2, 0.25) is 23.7 Å². The molecule has 3 N–H and O–H groups in total. The standard InChI is InChI=1S/C37H70N10O2/c1-26(22-45-24-34(7,8)42-36(11,12)29(45)48)44(15)20-18-16-17-19-21-47(32-39-28(3)38-31(40-32)41-33(4,5)6)27(2)23-46-25-35(9,10)43-37(13,14)30(46)49/h26-27,42-43H,16-25H2,1-15H3,(H,38,39,40,41). The first kappa shape index (κ1) is 40.9. The van der Waals surface area contributed by atoms with Crippen molar-refractivity contribution in [1.82, 2.24) is 40.3 Å². The lowest BCUT2D eigenvalue weighted by Crippen LogP contribution is -2.70. The molecule has 2 aliphatic heterocycles. The molecule has 3 heterocycles. The van der Waals surface area contributed by atoms with Gasteiger partial charge in [-0.2, -0.15) is 15.0 Å². The van der Waals surface area contributed by atoms with E-state index in [1.807, 2.05) is 44.4 Å². The lowest BCUT2D eigenvalue weighted by Gasteiger charge is -2.48. The molecule has 2 amide bonds. The molecule has 0 aliphatic carbocycles. The van der Waals surface area contributed by atoms with E-state index in [9.17, 15) is 9.59 Å². The fourth-order valence-electron chi connectivity index (χ4n) is 7.66. The minimum absolute atomic E-state index is 0.00701. The van der Waals surface area contributed by atoms with Crippen LogP contribution in [0.15, 0.2) is 0 Å². The molecule has 280 valence electrons. The largest absolute Gasteiger partial charge is 0.349 e. The highest BCUT2D eigenvalue weighted by molar-refractivity contribution is 5.87. The highest BCUT2D eigenvalue weighted by atomic mass is 16.2. The molecule has 2 aliphatic rings. The van der Waals surface area contributed by atoms with Gasteiger partial charge in [0.25, 0.3) is 0 Å². The third-order valence-electron chi connectivity index (χ3n) is 9.51. The van der Waals surface area contributed by atoms with Crippen molar-refractivity contribution in [2.75, 3.05) is 56.5 Å². The zero-order chi connectivity index (χ0) is 37.2. The van der Waals surface area contributed by atoms with Crippen LogP contribution in [-0.2, 0) is 9.59 Å². The van der Waals surface area contributed by atoms with Crippen molar-refractivity contribution >= 4 is 23.7 Å². The molecule has 1 aromatic heterocycles. The smallest absolute Gasteiger partial charge is 0.242 e. The number of aryl methyl sites for hydroxylation is 1. The SMILES string of the molecule is Cc1nc(NC(C)(C)C)nc(N(CCCCCCN(C)C(C)CN2CC(C)(C)NC(C)(C)C2=O)C(C)CN2CC(C)(C)NC(C)(C)C2=O)n1. The number of carbonyl (C=O) groups is 2. The normalized spacial score (nSPS) is 21.6. The van der Waals surface area contributed by atoms with E-state index < -0.39 is 11.1 Å². The summed E-state index contributed by atoms with van der Waals surface area (Å²) < 4.78 is 0. The number of hydrogen-bond donors (Lipinski definition) is 3. The van der Waals surface area contributed by atoms with Crippen molar-refractivity contribution in [2.45, 2.75) is 162 Å². The fourth-order valence-corrected chi connectivity index (χ4v) is 7.66. The number of amides is 2. The van der Waals surface area contributed by atoms with Crippen molar-refractivity contribution < 1.29 is 9.59 Å². The average Bonchev–Trinajstić information content (AvgIpc) is 2.90. The Morgan fingerprint density at radius 2 is 1.22 bits per heavy atom. The van der Waals surface area contributed by atoms with E-state index in [1.54, 1.807) is 0 Å². The highest BCUT2D eigenvalue weighted by Crippen LogP contribution is 2.26. The van der Waals surface area contributed by atoms with Gasteiger partial charge in [-0.3, -0.25) is 20.2 Å². The molecule has 49 heavy (non-hydrogen) atoms. The molecule has 0 bridgehead atoms. The molecule has 2 fully saturated rings. The maximum absolute atomic E-state index is 13.5. The average molecular weight is 687 g/mol. The van der Waals surface area contributed by atoms with E-state index >= 15 is 0 Å². The van der Waals surface area contributed by atoms with E-state index in [2.05, 4.69) is 100 Å². The van der Waals surface area contributed by atoms with Crippen molar-refractivity contribution in [3.8, 4) is 0 Å². The number of rotatable bonds is 15. The zero-order valence-electron chi connectivity index (χ0n) is 33.7. The molecule has 0 aromatic carbocycles. The lowest BCUT2D eigenvalue weighted by atomic mass is 9.90. The number of piperazine rings is 2. The van der Waals surface area contributed by atoms with E-state index in [-0.39, 0.29) is 40.5 Å². The van der Waals surface area contributed by atoms with Gasteiger partial charge in [0, 0.05) is 61.4 Å². The van der Waals surface area contributed by atoms with Crippen molar-refractivity contribution in [3.05, 3.63) is 5.82 Å². The summed E-state index contributed by atoms with van der Waals surface area (Å²) in [5.41, 5.74) is -1.67. The van der Waals surface area contributed by atoms with Gasteiger partial charge in [0.1, 0.15) is 5.82 Å². The molecule has 12 nitrogen and oxygen atoms in total. The summed E-state index contributed by atoms with van der Waals surface area (Å²) in [7, 11) is 2.17. The second kappa shape index (κ2) is 15.4. The van der Waals surface area contributed by atoms with Crippen LogP contribution in [0.4, 0.5) is 11.9 Å². The quantitative estimate of drug-likeness (QED) is 0.228. The predicted octanol–water partition coefficient (Wildman–Crippen LogP) is 4.44. The molecule has 0 radical (unpaired) electrons.